The summed E-state index contributed by atoms with van der Waals surface area (Å²) < 4.78 is 129. The zero-order valence-electron chi connectivity index (χ0n) is 58.3. The molecule has 6 aromatic carbocycles. The van der Waals surface area contributed by atoms with Crippen LogP contribution in [0.5, 0.6) is 0 Å². The van der Waals surface area contributed by atoms with Crippen molar-refractivity contribution in [2.24, 2.45) is 0 Å². The highest BCUT2D eigenvalue weighted by atomic mass is 19.4. The average molecular weight is 1470 g/mol. The van der Waals surface area contributed by atoms with E-state index in [-0.39, 0.29) is 46.1 Å². The summed E-state index contributed by atoms with van der Waals surface area (Å²) in [7, 11) is 0. The first-order valence-electron chi connectivity index (χ1n) is 33.7. The van der Waals surface area contributed by atoms with Crippen LogP contribution >= 0.6 is 0 Å². The van der Waals surface area contributed by atoms with E-state index in [4.69, 9.17) is 10.5 Å². The number of aryl methyl sites for hydroxylation is 3. The van der Waals surface area contributed by atoms with Crippen LogP contribution in [0.3, 0.4) is 0 Å². The number of rotatable bonds is 12. The van der Waals surface area contributed by atoms with E-state index in [1.54, 1.807) is 96.1 Å². The van der Waals surface area contributed by atoms with Gasteiger partial charge in [0.05, 0.1) is 65.9 Å². The molecule has 5 aromatic heterocycles. The number of nitrogens with zero attached hydrogens (tertiary/aromatic N) is 10. The largest absolute Gasteiger partial charge is 0.416 e. The number of aromatic nitrogens is 8. The molecule has 108 heavy (non-hydrogen) atoms. The van der Waals surface area contributed by atoms with Crippen LogP contribution in [-0.2, 0) is 42.9 Å². The molecule has 548 valence electrons. The van der Waals surface area contributed by atoms with Crippen molar-refractivity contribution in [2.45, 2.75) is 71.8 Å². The van der Waals surface area contributed by atoms with Gasteiger partial charge >= 0.3 is 18.5 Å². The Hall–Kier alpha value is -12.6. The Labute approximate surface area is 615 Å². The molecule has 3 amide bonds. The number of nitrogen functional groups attached to an aromatic ring is 1. The van der Waals surface area contributed by atoms with Crippen LogP contribution in [0.2, 0.25) is 0 Å². The van der Waals surface area contributed by atoms with Crippen LogP contribution in [0, 0.1) is 56.3 Å². The summed E-state index contributed by atoms with van der Waals surface area (Å²) in [6, 6.07) is 29.7. The molecule has 2 saturated heterocycles. The fourth-order valence-corrected chi connectivity index (χ4v) is 11.5. The van der Waals surface area contributed by atoms with E-state index < -0.39 is 52.9 Å². The minimum Gasteiger partial charge on any atom is -0.382 e. The highest BCUT2D eigenvalue weighted by Crippen LogP contribution is 2.37. The third kappa shape index (κ3) is 21.3. The van der Waals surface area contributed by atoms with Gasteiger partial charge in [0.1, 0.15) is 17.2 Å². The highest BCUT2D eigenvalue weighted by molar-refractivity contribution is 6.06. The number of amides is 3. The average Bonchev–Trinajstić information content (AvgIpc) is 1.05. The summed E-state index contributed by atoms with van der Waals surface area (Å²) in [4.78, 5) is 71.4. The first-order valence-corrected chi connectivity index (χ1v) is 33.7. The van der Waals surface area contributed by atoms with E-state index in [9.17, 15) is 53.9 Å². The SMILES string of the molecule is Cc1ccc(C(=O)Nc2cc(CN3CCCC3)cc(C(F)(F)F)c2)cc1C#Cc1cncc2cccnc12.Cc1ccc(C(=O)Nc2cc(CN3CCOCC3)cc(C(F)(F)F)c2)cc1C#Cc1cncc(N)n1.Cc1ccc(C(=O)Nc2ccc(Cn3ccnc3)c(C(F)(F)F)c2)cc1C#Cc1cnccn1. The standard InChI is InChI=1S/C30H25F3N4O.C26H24F3N5O2.C25H18F3N5O/c1-20-6-7-23(15-22(20)8-9-25-18-34-17-24-5-4-10-35-28(24)25)29(38)36-27-14-21(19-37-11-2-3-12-37)13-26(16-27)30(31,32)33;1-17-2-3-20(12-19(17)4-5-22-14-31-15-24(30)32-22)25(35)33-23-11-18(10-21(13-23)26(27,28)29)16-34-6-8-36-9-7-34;1-17-2-3-19(12-18(17)4-7-22-14-29-8-9-31-22)24(34)32-21-6-5-20(15-33-11-10-30-16-33)23(13-21)25(26,27)28/h4-7,10,13-18H,2-3,11-12,19H2,1H3,(H,36,38);2-3,10-15H,6-9,16H2,1H3,(H2,30,32)(H,33,35);2-3,5-6,8-14,16H,15H2,1H3,(H,32,34). The number of alkyl halides is 9. The van der Waals surface area contributed by atoms with Gasteiger partial charge in [0.15, 0.2) is 0 Å². The Balaban J connectivity index is 0.000000161. The minimum absolute atomic E-state index is 0.00878. The topological polar surface area (TPSA) is 224 Å². The summed E-state index contributed by atoms with van der Waals surface area (Å²) >= 11 is 0. The fourth-order valence-electron chi connectivity index (χ4n) is 11.5. The van der Waals surface area contributed by atoms with Crippen molar-refractivity contribution in [3.63, 3.8) is 0 Å². The number of anilines is 4. The maximum absolute atomic E-state index is 13.7. The number of morpholine rings is 1. The summed E-state index contributed by atoms with van der Waals surface area (Å²) in [6.45, 7) is 10.3. The third-order valence-electron chi connectivity index (χ3n) is 17.1. The van der Waals surface area contributed by atoms with Crippen LogP contribution in [-0.4, -0.2) is 106 Å². The molecule has 0 aliphatic carbocycles. The molecular weight excluding hydrogens is 1400 g/mol. The second-order valence-electron chi connectivity index (χ2n) is 25.2. The molecule has 2 aliphatic rings. The summed E-state index contributed by atoms with van der Waals surface area (Å²) in [5.74, 6) is 16.5. The van der Waals surface area contributed by atoms with Gasteiger partial charge in [-0.2, -0.15) is 39.5 Å². The van der Waals surface area contributed by atoms with E-state index in [0.717, 1.165) is 83.9 Å². The van der Waals surface area contributed by atoms with Crippen LogP contribution in [0.1, 0.15) is 128 Å². The summed E-state index contributed by atoms with van der Waals surface area (Å²) in [5.41, 5.74) is 11.9. The zero-order chi connectivity index (χ0) is 76.5. The lowest BCUT2D eigenvalue weighted by molar-refractivity contribution is -0.138. The number of benzene rings is 6. The lowest BCUT2D eigenvalue weighted by Crippen LogP contribution is -2.35. The predicted octanol–water partition coefficient (Wildman–Crippen LogP) is 14.8. The van der Waals surface area contributed by atoms with Gasteiger partial charge in [-0.1, -0.05) is 47.9 Å². The van der Waals surface area contributed by atoms with Crippen molar-refractivity contribution in [1.29, 1.82) is 0 Å². The number of imidazole rings is 1. The van der Waals surface area contributed by atoms with Crippen molar-refractivity contribution in [3.05, 3.63) is 290 Å². The zero-order valence-corrected chi connectivity index (χ0v) is 58.3. The second kappa shape index (κ2) is 34.5. The first-order chi connectivity index (χ1) is 51.7. The van der Waals surface area contributed by atoms with Crippen molar-refractivity contribution in [3.8, 4) is 35.5 Å². The monoisotopic (exact) mass is 1470 g/mol. The van der Waals surface area contributed by atoms with Gasteiger partial charge in [-0.3, -0.25) is 44.1 Å². The number of hydrogen-bond acceptors (Lipinski definition) is 14. The molecule has 11 aromatic rings. The number of halogens is 9. The number of hydrogen-bond donors (Lipinski definition) is 4. The van der Waals surface area contributed by atoms with Crippen LogP contribution in [0.15, 0.2) is 190 Å². The molecule has 18 nitrogen and oxygen atoms in total. The van der Waals surface area contributed by atoms with Crippen LogP contribution in [0.4, 0.5) is 62.4 Å². The predicted molar refractivity (Wildman–Crippen MR) is 390 cm³/mol. The Morgan fingerprint density at radius 3 is 1.54 bits per heavy atom. The fraction of sp³-hybridized carbons (Fsp3) is 0.210. The van der Waals surface area contributed by atoms with E-state index in [1.807, 2.05) is 37.8 Å². The molecule has 0 atom stereocenters. The van der Waals surface area contributed by atoms with Gasteiger partial charge in [-0.25, -0.2) is 15.0 Å². The van der Waals surface area contributed by atoms with Gasteiger partial charge in [-0.15, -0.1) is 0 Å². The van der Waals surface area contributed by atoms with E-state index in [2.05, 4.69) is 91.3 Å². The van der Waals surface area contributed by atoms with E-state index in [0.29, 0.717) is 89.7 Å². The molecule has 0 bridgehead atoms. The number of carbonyl (C=O) groups excluding carboxylic acids is 3. The molecule has 5 N–H and O–H groups in total. The molecular formula is C81H67F9N14O4. The van der Waals surface area contributed by atoms with Crippen molar-refractivity contribution in [1.82, 2.24) is 49.3 Å². The van der Waals surface area contributed by atoms with Gasteiger partial charge in [0, 0.05) is 132 Å². The van der Waals surface area contributed by atoms with Gasteiger partial charge in [0.25, 0.3) is 17.7 Å². The lowest BCUT2D eigenvalue weighted by Gasteiger charge is -2.27. The molecule has 2 aliphatic heterocycles. The molecule has 0 saturated carbocycles. The lowest BCUT2D eigenvalue weighted by atomic mass is 10.0. The van der Waals surface area contributed by atoms with Crippen molar-refractivity contribution in [2.75, 3.05) is 61.1 Å². The number of nitrogens with two attached hydrogens (primary N) is 1. The number of nitrogens with one attached hydrogen (secondary N) is 3. The molecule has 2 fully saturated rings. The molecule has 0 spiro atoms. The number of likely N-dealkylation sites (tertiary alicyclic amines) is 1. The Bertz CT molecular complexity index is 5290. The third-order valence-corrected chi connectivity index (χ3v) is 17.1. The first kappa shape index (κ1) is 76.5. The normalized spacial score (nSPS) is 13.0. The van der Waals surface area contributed by atoms with Crippen molar-refractivity contribution >= 4 is 51.5 Å². The smallest absolute Gasteiger partial charge is 0.382 e. The molecule has 0 radical (unpaired) electrons. The quantitative estimate of drug-likeness (QED) is 0.0660. The second-order valence-corrected chi connectivity index (χ2v) is 25.2. The Morgan fingerprint density at radius 1 is 0.481 bits per heavy atom. The molecule has 13 rings (SSSR count). The number of carbonyl (C=O) groups is 3. The van der Waals surface area contributed by atoms with Gasteiger partial charge in [-0.05, 0) is 189 Å². The van der Waals surface area contributed by atoms with E-state index >= 15 is 0 Å². The van der Waals surface area contributed by atoms with Crippen LogP contribution in [0.25, 0.3) is 10.9 Å². The Morgan fingerprint density at radius 2 is 1.01 bits per heavy atom. The highest BCUT2D eigenvalue weighted by Gasteiger charge is 2.35. The summed E-state index contributed by atoms with van der Waals surface area (Å²) in [6.07, 6.45) is 5.45. The maximum Gasteiger partial charge on any atom is 0.416 e. The summed E-state index contributed by atoms with van der Waals surface area (Å²) in [5, 5.41) is 8.68. The maximum atomic E-state index is 13.7. The number of fused-ring (bicyclic) bond motifs is 1. The molecule has 0 unspecified atom stereocenters. The molecule has 7 heterocycles. The molecule has 27 heteroatoms. The van der Waals surface area contributed by atoms with E-state index in [1.165, 1.54) is 55.6 Å². The van der Waals surface area contributed by atoms with Gasteiger partial charge in [0.2, 0.25) is 0 Å². The Kier molecular flexibility index (Phi) is 24.5. The number of ether oxygens (including phenoxy) is 1. The number of pyridine rings is 2. The van der Waals surface area contributed by atoms with Crippen molar-refractivity contribution < 1.29 is 58.6 Å². The van der Waals surface area contributed by atoms with Crippen LogP contribution < -0.4 is 21.7 Å². The van der Waals surface area contributed by atoms with Gasteiger partial charge < -0.3 is 31.0 Å². The minimum atomic E-state index is -4.58.